The average Bonchev–Trinajstić information content (AvgIpc) is 2.39. The van der Waals surface area contributed by atoms with Crippen LogP contribution < -0.4 is 11.1 Å². The molecule has 0 atom stereocenters. The molecule has 0 bridgehead atoms. The molecule has 2 nitrogen and oxygen atoms in total. The third-order valence-electron chi connectivity index (χ3n) is 3.87. The zero-order valence-electron chi connectivity index (χ0n) is 11.6. The van der Waals surface area contributed by atoms with Gasteiger partial charge in [0.25, 0.3) is 0 Å². The normalized spacial score (nSPS) is 23.1. The minimum Gasteiger partial charge on any atom is -0.389 e. The Morgan fingerprint density at radius 3 is 2.53 bits per heavy atom. The van der Waals surface area contributed by atoms with E-state index < -0.39 is 0 Å². The molecule has 1 aliphatic carbocycles. The fraction of sp³-hybridized carbons (Fsp3) is 0.533. The standard InChI is InChI=1S/C15H22N2S2/c1-10-9-12(5-8-14(10)15(16)18)17-11-3-6-13(19-2)7-4-11/h5,8-9,11,13,17H,3-4,6-7H2,1-2H3,(H2,16,18). The number of anilines is 1. The molecule has 0 spiro atoms. The monoisotopic (exact) mass is 294 g/mol. The maximum Gasteiger partial charge on any atom is 0.104 e. The molecular weight excluding hydrogens is 272 g/mol. The molecule has 1 fully saturated rings. The van der Waals surface area contributed by atoms with Gasteiger partial charge in [0.2, 0.25) is 0 Å². The van der Waals surface area contributed by atoms with Gasteiger partial charge in [-0.1, -0.05) is 12.2 Å². The summed E-state index contributed by atoms with van der Waals surface area (Å²) in [5.41, 5.74) is 9.00. The number of aryl methyl sites for hydroxylation is 1. The van der Waals surface area contributed by atoms with Gasteiger partial charge in [-0.15, -0.1) is 0 Å². The molecule has 104 valence electrons. The Bertz CT molecular complexity index is 451. The molecule has 0 saturated heterocycles. The van der Waals surface area contributed by atoms with Crippen LogP contribution in [0.3, 0.4) is 0 Å². The van der Waals surface area contributed by atoms with Crippen LogP contribution in [0.1, 0.15) is 36.8 Å². The minimum atomic E-state index is 0.476. The number of nitrogens with one attached hydrogen (secondary N) is 1. The third kappa shape index (κ3) is 3.86. The maximum absolute atomic E-state index is 5.69. The maximum atomic E-state index is 5.69. The van der Waals surface area contributed by atoms with Gasteiger partial charge in [-0.2, -0.15) is 11.8 Å². The number of thioether (sulfide) groups is 1. The molecule has 1 aromatic rings. The lowest BCUT2D eigenvalue weighted by molar-refractivity contribution is 0.473. The van der Waals surface area contributed by atoms with Crippen molar-refractivity contribution < 1.29 is 0 Å². The topological polar surface area (TPSA) is 38.0 Å². The fourth-order valence-corrected chi connectivity index (χ4v) is 3.68. The van der Waals surface area contributed by atoms with Crippen molar-refractivity contribution in [2.45, 2.75) is 43.9 Å². The van der Waals surface area contributed by atoms with Gasteiger partial charge >= 0.3 is 0 Å². The summed E-state index contributed by atoms with van der Waals surface area (Å²) in [6.07, 6.45) is 7.39. The Kier molecular flexibility index (Phi) is 5.11. The molecule has 0 amide bonds. The number of rotatable bonds is 4. The first-order valence-corrected chi connectivity index (χ1v) is 8.49. The first-order valence-electron chi connectivity index (χ1n) is 6.80. The van der Waals surface area contributed by atoms with Crippen molar-refractivity contribution in [2.24, 2.45) is 5.73 Å². The van der Waals surface area contributed by atoms with Crippen LogP contribution in [0.15, 0.2) is 18.2 Å². The van der Waals surface area contributed by atoms with Crippen LogP contribution in [-0.2, 0) is 0 Å². The van der Waals surface area contributed by atoms with Crippen LogP contribution in [0, 0.1) is 6.92 Å². The second kappa shape index (κ2) is 6.62. The summed E-state index contributed by atoms with van der Waals surface area (Å²) < 4.78 is 0. The van der Waals surface area contributed by atoms with E-state index in [1.54, 1.807) is 0 Å². The number of thiocarbonyl (C=S) groups is 1. The van der Waals surface area contributed by atoms with Gasteiger partial charge in [-0.25, -0.2) is 0 Å². The second-order valence-electron chi connectivity index (χ2n) is 5.25. The molecule has 2 rings (SSSR count). The molecule has 19 heavy (non-hydrogen) atoms. The number of benzene rings is 1. The van der Waals surface area contributed by atoms with E-state index in [4.69, 9.17) is 18.0 Å². The van der Waals surface area contributed by atoms with Crippen molar-refractivity contribution in [1.29, 1.82) is 0 Å². The Labute approximate surface area is 125 Å². The molecule has 0 heterocycles. The first-order chi connectivity index (χ1) is 9.10. The summed E-state index contributed by atoms with van der Waals surface area (Å²) in [5.74, 6) is 0. The van der Waals surface area contributed by atoms with Gasteiger partial charge in [0, 0.05) is 22.5 Å². The van der Waals surface area contributed by atoms with Crippen LogP contribution in [-0.4, -0.2) is 22.5 Å². The molecule has 1 aromatic carbocycles. The molecule has 3 N–H and O–H groups in total. The van der Waals surface area contributed by atoms with Gasteiger partial charge in [0.05, 0.1) is 0 Å². The van der Waals surface area contributed by atoms with E-state index in [0.29, 0.717) is 11.0 Å². The zero-order valence-corrected chi connectivity index (χ0v) is 13.2. The molecule has 1 aliphatic rings. The van der Waals surface area contributed by atoms with Crippen LogP contribution in [0.2, 0.25) is 0 Å². The van der Waals surface area contributed by atoms with E-state index in [0.717, 1.165) is 16.4 Å². The number of nitrogens with two attached hydrogens (primary N) is 1. The number of hydrogen-bond acceptors (Lipinski definition) is 3. The van der Waals surface area contributed by atoms with E-state index >= 15 is 0 Å². The second-order valence-corrected chi connectivity index (χ2v) is 6.83. The average molecular weight is 294 g/mol. The summed E-state index contributed by atoms with van der Waals surface area (Å²) in [5, 5.41) is 4.50. The molecule has 0 unspecified atom stereocenters. The van der Waals surface area contributed by atoms with E-state index in [9.17, 15) is 0 Å². The van der Waals surface area contributed by atoms with Gasteiger partial charge in [0.15, 0.2) is 0 Å². The van der Waals surface area contributed by atoms with Crippen LogP contribution in [0.25, 0.3) is 0 Å². The van der Waals surface area contributed by atoms with E-state index in [2.05, 4.69) is 30.6 Å². The highest BCUT2D eigenvalue weighted by atomic mass is 32.2. The Morgan fingerprint density at radius 1 is 1.32 bits per heavy atom. The highest BCUT2D eigenvalue weighted by molar-refractivity contribution is 7.99. The minimum absolute atomic E-state index is 0.476. The molecule has 0 radical (unpaired) electrons. The predicted octanol–water partition coefficient (Wildman–Crippen LogP) is 3.72. The van der Waals surface area contributed by atoms with Crippen LogP contribution >= 0.6 is 24.0 Å². The lowest BCUT2D eigenvalue weighted by Crippen LogP contribution is -2.27. The molecule has 0 aromatic heterocycles. The van der Waals surface area contributed by atoms with Crippen LogP contribution in [0.5, 0.6) is 0 Å². The van der Waals surface area contributed by atoms with Gasteiger partial charge < -0.3 is 11.1 Å². The smallest absolute Gasteiger partial charge is 0.104 e. The number of hydrogen-bond donors (Lipinski definition) is 2. The summed E-state index contributed by atoms with van der Waals surface area (Å²) >= 11 is 7.04. The fourth-order valence-electron chi connectivity index (χ4n) is 2.71. The van der Waals surface area contributed by atoms with Crippen molar-refractivity contribution in [3.05, 3.63) is 29.3 Å². The zero-order chi connectivity index (χ0) is 13.8. The van der Waals surface area contributed by atoms with Crippen molar-refractivity contribution in [3.63, 3.8) is 0 Å². The van der Waals surface area contributed by atoms with Crippen molar-refractivity contribution in [2.75, 3.05) is 11.6 Å². The highest BCUT2D eigenvalue weighted by Gasteiger charge is 2.20. The first kappa shape index (κ1) is 14.7. The summed E-state index contributed by atoms with van der Waals surface area (Å²) in [7, 11) is 0. The quantitative estimate of drug-likeness (QED) is 0.830. The van der Waals surface area contributed by atoms with E-state index in [-0.39, 0.29) is 0 Å². The van der Waals surface area contributed by atoms with E-state index in [1.807, 2.05) is 17.8 Å². The SMILES string of the molecule is CSC1CCC(Nc2ccc(C(N)=S)c(C)c2)CC1. The molecule has 1 saturated carbocycles. The lowest BCUT2D eigenvalue weighted by Gasteiger charge is -2.29. The van der Waals surface area contributed by atoms with Gasteiger partial charge in [-0.05, 0) is 62.6 Å². The van der Waals surface area contributed by atoms with Crippen molar-refractivity contribution in [1.82, 2.24) is 0 Å². The summed E-state index contributed by atoms with van der Waals surface area (Å²) in [6, 6.07) is 6.86. The van der Waals surface area contributed by atoms with Crippen LogP contribution in [0.4, 0.5) is 5.69 Å². The Balaban J connectivity index is 1.97. The Morgan fingerprint density at radius 2 is 2.00 bits per heavy atom. The Hall–Kier alpha value is -0.740. The van der Waals surface area contributed by atoms with Crippen molar-refractivity contribution in [3.8, 4) is 0 Å². The lowest BCUT2D eigenvalue weighted by atomic mass is 9.94. The van der Waals surface area contributed by atoms with Gasteiger partial charge in [-0.3, -0.25) is 0 Å². The van der Waals surface area contributed by atoms with Gasteiger partial charge in [0.1, 0.15) is 4.99 Å². The largest absolute Gasteiger partial charge is 0.389 e. The molecule has 0 aliphatic heterocycles. The summed E-state index contributed by atoms with van der Waals surface area (Å²) in [4.78, 5) is 0.476. The third-order valence-corrected chi connectivity index (χ3v) is 5.23. The predicted molar refractivity (Wildman–Crippen MR) is 90.2 cm³/mol. The van der Waals surface area contributed by atoms with Crippen molar-refractivity contribution >= 4 is 34.7 Å². The molecule has 4 heteroatoms. The molecular formula is C15H22N2S2. The van der Waals surface area contributed by atoms with E-state index in [1.165, 1.54) is 31.4 Å². The summed E-state index contributed by atoms with van der Waals surface area (Å²) in [6.45, 7) is 2.06. The highest BCUT2D eigenvalue weighted by Crippen LogP contribution is 2.29.